The van der Waals surface area contributed by atoms with Crippen molar-refractivity contribution >= 4 is 29.1 Å². The van der Waals surface area contributed by atoms with Gasteiger partial charge in [-0.3, -0.25) is 4.79 Å². The van der Waals surface area contributed by atoms with Gasteiger partial charge in [0.05, 0.1) is 6.04 Å². The molecule has 1 fully saturated rings. The Balaban J connectivity index is 1.58. The summed E-state index contributed by atoms with van der Waals surface area (Å²) in [5.74, 6) is 0.0974. The van der Waals surface area contributed by atoms with Crippen LogP contribution in [0.2, 0.25) is 10.0 Å². The molecule has 3 aromatic carbocycles. The van der Waals surface area contributed by atoms with Crippen molar-refractivity contribution in [2.24, 2.45) is 5.92 Å². The van der Waals surface area contributed by atoms with E-state index in [0.29, 0.717) is 16.5 Å². The number of amides is 1. The zero-order valence-electron chi connectivity index (χ0n) is 16.1. The molecule has 1 saturated heterocycles. The number of rotatable bonds is 6. The minimum Gasteiger partial charge on any atom is -0.335 e. The molecule has 0 aliphatic carbocycles. The van der Waals surface area contributed by atoms with E-state index in [2.05, 4.69) is 24.3 Å². The predicted octanol–water partition coefficient (Wildman–Crippen LogP) is 6.37. The second kappa shape index (κ2) is 9.02. The Bertz CT molecular complexity index is 954. The maximum atomic E-state index is 13.4. The second-order valence-corrected chi connectivity index (χ2v) is 8.35. The number of likely N-dealkylation sites (tertiary alicyclic amines) is 1. The van der Waals surface area contributed by atoms with Crippen LogP contribution in [0.5, 0.6) is 0 Å². The fourth-order valence-corrected chi connectivity index (χ4v) is 4.71. The van der Waals surface area contributed by atoms with Gasteiger partial charge in [-0.15, -0.1) is 0 Å². The average molecular weight is 424 g/mol. The van der Waals surface area contributed by atoms with Gasteiger partial charge in [-0.2, -0.15) is 0 Å². The quantitative estimate of drug-likeness (QED) is 0.450. The van der Waals surface area contributed by atoms with Crippen molar-refractivity contribution in [3.8, 4) is 0 Å². The standard InChI is InChI=1S/C25H23Cl2NO/c26-22-12-7-13-23(27)21(22)17-20-14-15-28(25(20)29)24(19-10-5-2-6-11-19)16-18-8-3-1-4-9-18/h1-13,20,24H,14-17H2/t20?,24-/m1/s1. The van der Waals surface area contributed by atoms with Crippen LogP contribution in [0.4, 0.5) is 0 Å². The molecule has 2 atom stereocenters. The van der Waals surface area contributed by atoms with Gasteiger partial charge in [0.2, 0.25) is 5.91 Å². The van der Waals surface area contributed by atoms with Gasteiger partial charge in [-0.05, 0) is 48.1 Å². The Labute approximate surface area is 182 Å². The predicted molar refractivity (Wildman–Crippen MR) is 119 cm³/mol. The smallest absolute Gasteiger partial charge is 0.226 e. The average Bonchev–Trinajstić information content (AvgIpc) is 3.10. The lowest BCUT2D eigenvalue weighted by Crippen LogP contribution is -2.33. The molecule has 148 valence electrons. The Hall–Kier alpha value is -2.29. The zero-order valence-corrected chi connectivity index (χ0v) is 17.6. The van der Waals surface area contributed by atoms with Gasteiger partial charge >= 0.3 is 0 Å². The van der Waals surface area contributed by atoms with Gasteiger partial charge in [0.1, 0.15) is 0 Å². The van der Waals surface area contributed by atoms with E-state index in [1.54, 1.807) is 0 Å². The molecule has 1 unspecified atom stereocenters. The van der Waals surface area contributed by atoms with Gasteiger partial charge in [0.15, 0.2) is 0 Å². The third-order valence-electron chi connectivity index (χ3n) is 5.70. The maximum absolute atomic E-state index is 13.4. The van der Waals surface area contributed by atoms with Crippen LogP contribution in [-0.2, 0) is 17.6 Å². The van der Waals surface area contributed by atoms with Gasteiger partial charge < -0.3 is 4.90 Å². The van der Waals surface area contributed by atoms with Crippen molar-refractivity contribution in [1.82, 2.24) is 4.90 Å². The monoisotopic (exact) mass is 423 g/mol. The first-order chi connectivity index (χ1) is 14.1. The van der Waals surface area contributed by atoms with Crippen LogP contribution in [0, 0.1) is 5.92 Å². The van der Waals surface area contributed by atoms with E-state index in [0.717, 1.165) is 24.9 Å². The van der Waals surface area contributed by atoms with Crippen molar-refractivity contribution in [1.29, 1.82) is 0 Å². The molecular weight excluding hydrogens is 401 g/mol. The number of benzene rings is 3. The molecule has 0 aromatic heterocycles. The molecule has 0 radical (unpaired) electrons. The van der Waals surface area contributed by atoms with Crippen LogP contribution < -0.4 is 0 Å². The summed E-state index contributed by atoms with van der Waals surface area (Å²) in [4.78, 5) is 15.4. The summed E-state index contributed by atoms with van der Waals surface area (Å²) in [5.41, 5.74) is 3.27. The van der Waals surface area contributed by atoms with E-state index in [4.69, 9.17) is 23.2 Å². The van der Waals surface area contributed by atoms with Gasteiger partial charge in [0.25, 0.3) is 0 Å². The van der Waals surface area contributed by atoms with Crippen molar-refractivity contribution in [2.75, 3.05) is 6.54 Å². The molecule has 1 aliphatic rings. The Morgan fingerprint density at radius 2 is 1.48 bits per heavy atom. The van der Waals surface area contributed by atoms with Crippen LogP contribution in [0.25, 0.3) is 0 Å². The Morgan fingerprint density at radius 1 is 0.862 bits per heavy atom. The summed E-state index contributed by atoms with van der Waals surface area (Å²) in [6.45, 7) is 0.748. The second-order valence-electron chi connectivity index (χ2n) is 7.54. The summed E-state index contributed by atoms with van der Waals surface area (Å²) < 4.78 is 0. The molecule has 4 rings (SSSR count). The number of hydrogen-bond acceptors (Lipinski definition) is 1. The summed E-state index contributed by atoms with van der Waals surface area (Å²) in [5, 5.41) is 1.26. The molecule has 0 spiro atoms. The van der Waals surface area contributed by atoms with E-state index >= 15 is 0 Å². The number of hydrogen-bond donors (Lipinski definition) is 0. The third-order valence-corrected chi connectivity index (χ3v) is 6.40. The lowest BCUT2D eigenvalue weighted by Gasteiger charge is -2.29. The number of nitrogens with zero attached hydrogens (tertiary/aromatic N) is 1. The highest BCUT2D eigenvalue weighted by atomic mass is 35.5. The molecule has 1 heterocycles. The topological polar surface area (TPSA) is 20.3 Å². The van der Waals surface area contributed by atoms with Gasteiger partial charge in [-0.25, -0.2) is 0 Å². The molecule has 2 nitrogen and oxygen atoms in total. The van der Waals surface area contributed by atoms with Crippen molar-refractivity contribution in [3.63, 3.8) is 0 Å². The zero-order chi connectivity index (χ0) is 20.2. The molecule has 0 saturated carbocycles. The Kier molecular flexibility index (Phi) is 6.22. The van der Waals surface area contributed by atoms with Gasteiger partial charge in [-0.1, -0.05) is 89.9 Å². The first-order valence-electron chi connectivity index (χ1n) is 9.95. The van der Waals surface area contributed by atoms with Crippen LogP contribution in [-0.4, -0.2) is 17.4 Å². The summed E-state index contributed by atoms with van der Waals surface area (Å²) in [6, 6.07) is 26.2. The lowest BCUT2D eigenvalue weighted by atomic mass is 9.96. The van der Waals surface area contributed by atoms with Crippen LogP contribution in [0.1, 0.15) is 29.2 Å². The number of halogens is 2. The summed E-state index contributed by atoms with van der Waals surface area (Å²) in [6.07, 6.45) is 2.20. The fourth-order valence-electron chi connectivity index (χ4n) is 4.16. The Morgan fingerprint density at radius 3 is 2.14 bits per heavy atom. The lowest BCUT2D eigenvalue weighted by molar-refractivity contribution is -0.133. The largest absolute Gasteiger partial charge is 0.335 e. The molecule has 0 N–H and O–H groups in total. The van der Waals surface area contributed by atoms with Gasteiger partial charge in [0, 0.05) is 22.5 Å². The molecule has 0 bridgehead atoms. The minimum atomic E-state index is -0.0885. The van der Waals surface area contributed by atoms with Crippen molar-refractivity contribution < 1.29 is 4.79 Å². The molecule has 29 heavy (non-hydrogen) atoms. The van der Waals surface area contributed by atoms with E-state index in [1.807, 2.05) is 59.5 Å². The maximum Gasteiger partial charge on any atom is 0.226 e. The minimum absolute atomic E-state index is 0.0258. The molecule has 4 heteroatoms. The number of carbonyl (C=O) groups excluding carboxylic acids is 1. The van der Waals surface area contributed by atoms with Crippen LogP contribution in [0.15, 0.2) is 78.9 Å². The van der Waals surface area contributed by atoms with E-state index < -0.39 is 0 Å². The van der Waals surface area contributed by atoms with E-state index in [1.165, 1.54) is 11.1 Å². The van der Waals surface area contributed by atoms with E-state index in [9.17, 15) is 4.79 Å². The van der Waals surface area contributed by atoms with Crippen LogP contribution in [0.3, 0.4) is 0 Å². The molecule has 1 aliphatic heterocycles. The highest BCUT2D eigenvalue weighted by molar-refractivity contribution is 6.36. The number of carbonyl (C=O) groups is 1. The molecule has 1 amide bonds. The fraction of sp³-hybridized carbons (Fsp3) is 0.240. The highest BCUT2D eigenvalue weighted by Crippen LogP contribution is 2.35. The van der Waals surface area contributed by atoms with E-state index in [-0.39, 0.29) is 17.9 Å². The highest BCUT2D eigenvalue weighted by Gasteiger charge is 2.37. The SMILES string of the molecule is O=C1C(Cc2c(Cl)cccc2Cl)CCN1[C@H](Cc1ccccc1)c1ccccc1. The normalized spacial score (nSPS) is 17.5. The van der Waals surface area contributed by atoms with Crippen molar-refractivity contribution in [2.45, 2.75) is 25.3 Å². The van der Waals surface area contributed by atoms with Crippen LogP contribution >= 0.6 is 23.2 Å². The molecule has 3 aromatic rings. The summed E-state index contributed by atoms with van der Waals surface area (Å²) in [7, 11) is 0. The summed E-state index contributed by atoms with van der Waals surface area (Å²) >= 11 is 12.7. The molecular formula is C25H23Cl2NO. The first-order valence-corrected chi connectivity index (χ1v) is 10.7. The first kappa shape index (κ1) is 20.0. The third kappa shape index (κ3) is 4.49. The van der Waals surface area contributed by atoms with Crippen molar-refractivity contribution in [3.05, 3.63) is 106 Å².